The molecule has 0 atom stereocenters. The molecule has 21 heavy (non-hydrogen) atoms. The van der Waals surface area contributed by atoms with Crippen LogP contribution in [0.2, 0.25) is 0 Å². The molecule has 0 bridgehead atoms. The maximum Gasteiger partial charge on any atom is 0.332 e. The summed E-state index contributed by atoms with van der Waals surface area (Å²) in [5.74, 6) is -0.897. The van der Waals surface area contributed by atoms with Crippen LogP contribution < -0.4 is 0 Å². The van der Waals surface area contributed by atoms with Crippen molar-refractivity contribution in [3.63, 3.8) is 0 Å². The molecule has 0 aliphatic heterocycles. The molecule has 5 heteroatoms. The predicted octanol–water partition coefficient (Wildman–Crippen LogP) is 3.11. The third kappa shape index (κ3) is 15.1. The van der Waals surface area contributed by atoms with Gasteiger partial charge in [-0.2, -0.15) is 0 Å². The molecular formula is C16H30O5. The van der Waals surface area contributed by atoms with Crippen LogP contribution in [0.15, 0.2) is 0 Å². The van der Waals surface area contributed by atoms with Crippen LogP contribution in [0, 0.1) is 5.41 Å². The molecule has 124 valence electrons. The summed E-state index contributed by atoms with van der Waals surface area (Å²) in [5, 5.41) is 0. The van der Waals surface area contributed by atoms with E-state index in [0.29, 0.717) is 13.2 Å². The number of esters is 2. The van der Waals surface area contributed by atoms with Crippen LogP contribution in [0.25, 0.3) is 0 Å². The minimum atomic E-state index is -0.461. The maximum absolute atomic E-state index is 11.3. The molecule has 0 aliphatic carbocycles. The van der Waals surface area contributed by atoms with E-state index in [9.17, 15) is 9.59 Å². The molecule has 0 radical (unpaired) electrons. The van der Waals surface area contributed by atoms with E-state index < -0.39 is 11.9 Å². The van der Waals surface area contributed by atoms with Gasteiger partial charge in [-0.3, -0.25) is 0 Å². The standard InChI is InChI=1S/C16H30O5/c1-5-6-7-8-9-10-20-14(17)11-19-12-15(18)21-13-16(2,3)4/h5-13H2,1-4H3. The first kappa shape index (κ1) is 19.9. The van der Waals surface area contributed by atoms with Gasteiger partial charge in [0.15, 0.2) is 0 Å². The van der Waals surface area contributed by atoms with Gasteiger partial charge >= 0.3 is 11.9 Å². The molecule has 0 fully saturated rings. The molecule has 0 aromatic rings. The second kappa shape index (κ2) is 11.5. The summed E-state index contributed by atoms with van der Waals surface area (Å²) >= 11 is 0. The topological polar surface area (TPSA) is 61.8 Å². The van der Waals surface area contributed by atoms with Crippen molar-refractivity contribution in [1.82, 2.24) is 0 Å². The molecule has 0 aromatic heterocycles. The van der Waals surface area contributed by atoms with Gasteiger partial charge in [0.2, 0.25) is 0 Å². The quantitative estimate of drug-likeness (QED) is 0.433. The van der Waals surface area contributed by atoms with Crippen LogP contribution in [0.5, 0.6) is 0 Å². The lowest BCUT2D eigenvalue weighted by Crippen LogP contribution is -2.23. The molecular weight excluding hydrogens is 272 g/mol. The van der Waals surface area contributed by atoms with E-state index in [1.165, 1.54) is 19.3 Å². The smallest absolute Gasteiger partial charge is 0.332 e. The fourth-order valence-electron chi connectivity index (χ4n) is 1.49. The van der Waals surface area contributed by atoms with Gasteiger partial charge in [0.05, 0.1) is 13.2 Å². The maximum atomic E-state index is 11.3. The summed E-state index contributed by atoms with van der Waals surface area (Å²) in [4.78, 5) is 22.7. The van der Waals surface area contributed by atoms with E-state index in [4.69, 9.17) is 14.2 Å². The van der Waals surface area contributed by atoms with Crippen molar-refractivity contribution in [2.24, 2.45) is 5.41 Å². The second-order valence-corrected chi connectivity index (χ2v) is 6.35. The number of hydrogen-bond acceptors (Lipinski definition) is 5. The average Bonchev–Trinajstić information content (AvgIpc) is 2.39. The van der Waals surface area contributed by atoms with Crippen LogP contribution in [-0.2, 0) is 23.8 Å². The Kier molecular flexibility index (Phi) is 10.9. The Morgan fingerprint density at radius 1 is 0.857 bits per heavy atom. The first-order valence-electron chi connectivity index (χ1n) is 7.74. The molecule has 0 spiro atoms. The van der Waals surface area contributed by atoms with Crippen LogP contribution in [0.1, 0.15) is 59.8 Å². The van der Waals surface area contributed by atoms with Crippen LogP contribution in [0.3, 0.4) is 0 Å². The Balaban J connectivity index is 3.46. The molecule has 0 aliphatic rings. The molecule has 0 saturated carbocycles. The summed E-state index contributed by atoms with van der Waals surface area (Å²) in [6.07, 6.45) is 5.53. The number of carbonyl (C=O) groups excluding carboxylic acids is 2. The molecule has 0 saturated heterocycles. The SMILES string of the molecule is CCCCCCCOC(=O)COCC(=O)OCC(C)(C)C. The summed E-state index contributed by atoms with van der Waals surface area (Å²) in [5.41, 5.74) is -0.0770. The molecule has 0 aromatic carbocycles. The zero-order valence-electron chi connectivity index (χ0n) is 13.9. The summed E-state index contributed by atoms with van der Waals surface area (Å²) in [7, 11) is 0. The van der Waals surface area contributed by atoms with Gasteiger partial charge in [-0.15, -0.1) is 0 Å². The van der Waals surface area contributed by atoms with Gasteiger partial charge in [-0.25, -0.2) is 9.59 Å². The second-order valence-electron chi connectivity index (χ2n) is 6.35. The van der Waals surface area contributed by atoms with Crippen LogP contribution >= 0.6 is 0 Å². The highest BCUT2D eigenvalue weighted by atomic mass is 16.6. The Labute approximate surface area is 128 Å². The van der Waals surface area contributed by atoms with Crippen molar-refractivity contribution in [1.29, 1.82) is 0 Å². The van der Waals surface area contributed by atoms with Crippen molar-refractivity contribution in [2.45, 2.75) is 59.8 Å². The number of carbonyl (C=O) groups is 2. The van der Waals surface area contributed by atoms with E-state index in [1.54, 1.807) is 0 Å². The van der Waals surface area contributed by atoms with Crippen molar-refractivity contribution >= 4 is 11.9 Å². The molecule has 0 rings (SSSR count). The average molecular weight is 302 g/mol. The fourth-order valence-corrected chi connectivity index (χ4v) is 1.49. The van der Waals surface area contributed by atoms with Gasteiger partial charge in [-0.1, -0.05) is 53.4 Å². The predicted molar refractivity (Wildman–Crippen MR) is 81.0 cm³/mol. The Morgan fingerprint density at radius 3 is 2.00 bits per heavy atom. The Morgan fingerprint density at radius 2 is 1.43 bits per heavy atom. The third-order valence-electron chi connectivity index (χ3n) is 2.62. The van der Waals surface area contributed by atoms with Crippen molar-refractivity contribution < 1.29 is 23.8 Å². The van der Waals surface area contributed by atoms with E-state index in [-0.39, 0.29) is 18.6 Å². The van der Waals surface area contributed by atoms with Crippen molar-refractivity contribution in [3.8, 4) is 0 Å². The lowest BCUT2D eigenvalue weighted by atomic mass is 9.99. The summed E-state index contributed by atoms with van der Waals surface area (Å²) < 4.78 is 15.0. The van der Waals surface area contributed by atoms with Gasteiger partial charge in [-0.05, 0) is 11.8 Å². The zero-order valence-corrected chi connectivity index (χ0v) is 13.9. The highest BCUT2D eigenvalue weighted by Crippen LogP contribution is 2.12. The van der Waals surface area contributed by atoms with Crippen LogP contribution in [0.4, 0.5) is 0 Å². The van der Waals surface area contributed by atoms with Crippen molar-refractivity contribution in [3.05, 3.63) is 0 Å². The van der Waals surface area contributed by atoms with Gasteiger partial charge in [0.1, 0.15) is 13.2 Å². The van der Waals surface area contributed by atoms with Crippen molar-refractivity contribution in [2.75, 3.05) is 26.4 Å². The summed E-state index contributed by atoms with van der Waals surface area (Å²) in [6.45, 7) is 8.39. The first-order valence-corrected chi connectivity index (χ1v) is 7.74. The van der Waals surface area contributed by atoms with E-state index in [2.05, 4.69) is 6.92 Å². The summed E-state index contributed by atoms with van der Waals surface area (Å²) in [6, 6.07) is 0. The van der Waals surface area contributed by atoms with Gasteiger partial charge in [0.25, 0.3) is 0 Å². The molecule has 5 nitrogen and oxygen atoms in total. The van der Waals surface area contributed by atoms with E-state index in [0.717, 1.165) is 12.8 Å². The highest BCUT2D eigenvalue weighted by molar-refractivity contribution is 5.73. The molecule has 0 unspecified atom stereocenters. The lowest BCUT2D eigenvalue weighted by Gasteiger charge is -2.17. The Bertz CT molecular complexity index is 294. The fraction of sp³-hybridized carbons (Fsp3) is 0.875. The monoisotopic (exact) mass is 302 g/mol. The van der Waals surface area contributed by atoms with E-state index >= 15 is 0 Å². The third-order valence-corrected chi connectivity index (χ3v) is 2.62. The van der Waals surface area contributed by atoms with Crippen LogP contribution in [-0.4, -0.2) is 38.4 Å². The molecule has 0 N–H and O–H groups in total. The number of unbranched alkanes of at least 4 members (excludes halogenated alkanes) is 4. The minimum Gasteiger partial charge on any atom is -0.464 e. The zero-order chi connectivity index (χ0) is 16.1. The normalized spacial score (nSPS) is 11.2. The number of hydrogen-bond donors (Lipinski definition) is 0. The van der Waals surface area contributed by atoms with E-state index in [1.807, 2.05) is 20.8 Å². The molecule has 0 heterocycles. The highest BCUT2D eigenvalue weighted by Gasteiger charge is 2.14. The Hall–Kier alpha value is -1.10. The van der Waals surface area contributed by atoms with Gasteiger partial charge in [0, 0.05) is 0 Å². The minimum absolute atomic E-state index is 0.0770. The molecule has 0 amide bonds. The lowest BCUT2D eigenvalue weighted by molar-refractivity contribution is -0.157. The van der Waals surface area contributed by atoms with Gasteiger partial charge < -0.3 is 14.2 Å². The number of ether oxygens (including phenoxy) is 3. The number of rotatable bonds is 11. The first-order chi connectivity index (χ1) is 9.85. The largest absolute Gasteiger partial charge is 0.464 e.